The van der Waals surface area contributed by atoms with Crippen LogP contribution in [0.15, 0.2) is 36.5 Å². The lowest BCUT2D eigenvalue weighted by molar-refractivity contribution is 0.288. The highest BCUT2D eigenvalue weighted by molar-refractivity contribution is 5.85. The van der Waals surface area contributed by atoms with Crippen molar-refractivity contribution in [3.8, 4) is 11.5 Å². The predicted molar refractivity (Wildman–Crippen MR) is 125 cm³/mol. The number of nitrogens with zero attached hydrogens (tertiary/aromatic N) is 3. The molecular formula is C23H35ClN4O2. The molecule has 0 atom stereocenters. The smallest absolute Gasteiger partial charge is 0.161 e. The van der Waals surface area contributed by atoms with E-state index in [9.17, 15) is 0 Å². The van der Waals surface area contributed by atoms with Crippen LogP contribution < -0.4 is 19.7 Å². The zero-order valence-electron chi connectivity index (χ0n) is 18.4. The van der Waals surface area contributed by atoms with Crippen LogP contribution in [0, 0.1) is 0 Å². The molecule has 1 fully saturated rings. The Balaban J connectivity index is 0.00000320. The minimum atomic E-state index is 0. The maximum absolute atomic E-state index is 5.91. The molecule has 7 heteroatoms. The molecule has 0 unspecified atom stereocenters. The number of nitrogens with one attached hydrogen (secondary N) is 1. The first-order valence-electron chi connectivity index (χ1n) is 10.6. The van der Waals surface area contributed by atoms with Gasteiger partial charge in [-0.2, -0.15) is 0 Å². The summed E-state index contributed by atoms with van der Waals surface area (Å²) in [5.41, 5.74) is 2.42. The minimum absolute atomic E-state index is 0. The molecule has 1 aliphatic heterocycles. The highest BCUT2D eigenvalue weighted by Crippen LogP contribution is 2.28. The monoisotopic (exact) mass is 434 g/mol. The van der Waals surface area contributed by atoms with Crippen LogP contribution in [0.5, 0.6) is 11.5 Å². The first-order valence-corrected chi connectivity index (χ1v) is 10.6. The van der Waals surface area contributed by atoms with Gasteiger partial charge < -0.3 is 24.6 Å². The summed E-state index contributed by atoms with van der Waals surface area (Å²) in [6.07, 6.45) is 4.05. The second-order valence-electron chi connectivity index (χ2n) is 7.57. The van der Waals surface area contributed by atoms with Crippen molar-refractivity contribution in [3.63, 3.8) is 0 Å². The van der Waals surface area contributed by atoms with Crippen molar-refractivity contribution < 1.29 is 9.47 Å². The number of aromatic nitrogens is 1. The molecule has 30 heavy (non-hydrogen) atoms. The van der Waals surface area contributed by atoms with E-state index < -0.39 is 0 Å². The standard InChI is InChI=1S/C23H34N4O2.ClH/c1-4-5-15-29-22-16-19(8-9-21(22)28-3)17-24-18-20-7-6-10-25-23(20)27-13-11-26(2)12-14-27;/h6-10,16,24H,4-5,11-15,17-18H2,1-3H3;1H. The Kier molecular flexibility index (Phi) is 10.2. The number of methoxy groups -OCH3 is 1. The van der Waals surface area contributed by atoms with Gasteiger partial charge in [-0.25, -0.2) is 4.98 Å². The average Bonchev–Trinajstić information content (AvgIpc) is 2.75. The highest BCUT2D eigenvalue weighted by Gasteiger charge is 2.17. The van der Waals surface area contributed by atoms with E-state index in [4.69, 9.17) is 9.47 Å². The molecule has 1 saturated heterocycles. The summed E-state index contributed by atoms with van der Waals surface area (Å²) in [4.78, 5) is 9.42. The number of piperazine rings is 1. The van der Waals surface area contributed by atoms with Crippen LogP contribution in [0.2, 0.25) is 0 Å². The molecule has 2 aromatic rings. The second kappa shape index (κ2) is 12.6. The summed E-state index contributed by atoms with van der Waals surface area (Å²) in [6.45, 7) is 8.64. The Morgan fingerprint density at radius 3 is 2.60 bits per heavy atom. The molecule has 3 rings (SSSR count). The fraction of sp³-hybridized carbons (Fsp3) is 0.522. The first kappa shape index (κ1) is 24.3. The molecule has 1 aromatic heterocycles. The normalized spacial score (nSPS) is 14.3. The van der Waals surface area contributed by atoms with Crippen LogP contribution in [-0.2, 0) is 13.1 Å². The zero-order valence-corrected chi connectivity index (χ0v) is 19.2. The van der Waals surface area contributed by atoms with Crippen LogP contribution in [0.1, 0.15) is 30.9 Å². The first-order chi connectivity index (χ1) is 14.2. The van der Waals surface area contributed by atoms with Gasteiger partial charge in [-0.1, -0.05) is 25.5 Å². The van der Waals surface area contributed by atoms with Crippen LogP contribution in [0.25, 0.3) is 0 Å². The fourth-order valence-electron chi connectivity index (χ4n) is 3.48. The molecule has 0 spiro atoms. The number of likely N-dealkylation sites (N-methyl/N-ethyl adjacent to an activating group) is 1. The third kappa shape index (κ3) is 6.76. The Labute approximate surface area is 187 Å². The molecule has 1 aliphatic rings. The fourth-order valence-corrected chi connectivity index (χ4v) is 3.48. The number of unbranched alkanes of at least 4 members (excludes halogenated alkanes) is 1. The third-order valence-electron chi connectivity index (χ3n) is 5.30. The molecule has 1 N–H and O–H groups in total. The number of ether oxygens (including phenoxy) is 2. The predicted octanol–water partition coefficient (Wildman–Crippen LogP) is 3.73. The second-order valence-corrected chi connectivity index (χ2v) is 7.57. The van der Waals surface area contributed by atoms with Crippen LogP contribution >= 0.6 is 12.4 Å². The molecule has 0 aliphatic carbocycles. The summed E-state index contributed by atoms with van der Waals surface area (Å²) in [5, 5.41) is 3.56. The van der Waals surface area contributed by atoms with Crippen molar-refractivity contribution in [2.45, 2.75) is 32.9 Å². The Bertz CT molecular complexity index is 767. The van der Waals surface area contributed by atoms with Gasteiger partial charge >= 0.3 is 0 Å². The number of hydrogen-bond donors (Lipinski definition) is 1. The maximum Gasteiger partial charge on any atom is 0.161 e. The molecule has 6 nitrogen and oxygen atoms in total. The Morgan fingerprint density at radius 1 is 1.07 bits per heavy atom. The van der Waals surface area contributed by atoms with E-state index in [-0.39, 0.29) is 12.4 Å². The molecule has 1 aromatic carbocycles. The van der Waals surface area contributed by atoms with E-state index in [2.05, 4.69) is 52.3 Å². The van der Waals surface area contributed by atoms with E-state index in [0.717, 1.165) is 69.4 Å². The SMILES string of the molecule is CCCCOc1cc(CNCc2cccnc2N2CCN(C)CC2)ccc1OC.Cl. The van der Waals surface area contributed by atoms with Crippen molar-refractivity contribution >= 4 is 18.2 Å². The third-order valence-corrected chi connectivity index (χ3v) is 5.30. The molecule has 0 saturated carbocycles. The van der Waals surface area contributed by atoms with E-state index in [1.165, 1.54) is 11.1 Å². The van der Waals surface area contributed by atoms with Crippen molar-refractivity contribution in [3.05, 3.63) is 47.7 Å². The van der Waals surface area contributed by atoms with E-state index in [1.54, 1.807) is 7.11 Å². The zero-order chi connectivity index (χ0) is 20.5. The van der Waals surface area contributed by atoms with Crippen molar-refractivity contribution in [2.75, 3.05) is 51.8 Å². The number of pyridine rings is 1. The lowest BCUT2D eigenvalue weighted by atomic mass is 10.1. The van der Waals surface area contributed by atoms with Gasteiger partial charge in [0.25, 0.3) is 0 Å². The Hall–Kier alpha value is -2.02. The summed E-state index contributed by atoms with van der Waals surface area (Å²) in [6, 6.07) is 10.3. The van der Waals surface area contributed by atoms with E-state index >= 15 is 0 Å². The van der Waals surface area contributed by atoms with Gasteiger partial charge in [-0.3, -0.25) is 0 Å². The van der Waals surface area contributed by atoms with Crippen molar-refractivity contribution in [1.82, 2.24) is 15.2 Å². The van der Waals surface area contributed by atoms with Crippen molar-refractivity contribution in [1.29, 1.82) is 0 Å². The summed E-state index contributed by atoms with van der Waals surface area (Å²) < 4.78 is 11.3. The molecule has 166 valence electrons. The number of hydrogen-bond acceptors (Lipinski definition) is 6. The lowest BCUT2D eigenvalue weighted by Crippen LogP contribution is -2.45. The molecule has 0 bridgehead atoms. The van der Waals surface area contributed by atoms with Gasteiger partial charge in [0.15, 0.2) is 11.5 Å². The largest absolute Gasteiger partial charge is 0.493 e. The van der Waals surface area contributed by atoms with E-state index in [0.29, 0.717) is 6.61 Å². The summed E-state index contributed by atoms with van der Waals surface area (Å²) in [5.74, 6) is 2.71. The summed E-state index contributed by atoms with van der Waals surface area (Å²) >= 11 is 0. The number of anilines is 1. The number of rotatable bonds is 10. The van der Waals surface area contributed by atoms with Gasteiger partial charge in [-0.05, 0) is 37.2 Å². The van der Waals surface area contributed by atoms with E-state index in [1.807, 2.05) is 18.3 Å². The van der Waals surface area contributed by atoms with Gasteiger partial charge in [0.05, 0.1) is 13.7 Å². The van der Waals surface area contributed by atoms with Gasteiger partial charge in [0, 0.05) is 51.0 Å². The van der Waals surface area contributed by atoms with Gasteiger partial charge in [-0.15, -0.1) is 12.4 Å². The molecule has 0 radical (unpaired) electrons. The van der Waals surface area contributed by atoms with Crippen LogP contribution in [-0.4, -0.2) is 56.8 Å². The van der Waals surface area contributed by atoms with Crippen LogP contribution in [0.4, 0.5) is 5.82 Å². The lowest BCUT2D eigenvalue weighted by Gasteiger charge is -2.34. The van der Waals surface area contributed by atoms with Crippen molar-refractivity contribution in [2.24, 2.45) is 0 Å². The average molecular weight is 435 g/mol. The number of benzene rings is 1. The molecular weight excluding hydrogens is 400 g/mol. The van der Waals surface area contributed by atoms with Gasteiger partial charge in [0.2, 0.25) is 0 Å². The Morgan fingerprint density at radius 2 is 1.87 bits per heavy atom. The maximum atomic E-state index is 5.91. The molecule has 0 amide bonds. The number of halogens is 1. The summed E-state index contributed by atoms with van der Waals surface area (Å²) in [7, 11) is 3.86. The molecule has 2 heterocycles. The van der Waals surface area contributed by atoms with Gasteiger partial charge in [0.1, 0.15) is 5.82 Å². The van der Waals surface area contributed by atoms with Crippen LogP contribution in [0.3, 0.4) is 0 Å². The highest BCUT2D eigenvalue weighted by atomic mass is 35.5. The quantitative estimate of drug-likeness (QED) is 0.575. The minimum Gasteiger partial charge on any atom is -0.493 e. The topological polar surface area (TPSA) is 49.9 Å².